The van der Waals surface area contributed by atoms with Crippen molar-refractivity contribution in [1.29, 1.82) is 0 Å². The van der Waals surface area contributed by atoms with Gasteiger partial charge in [-0.3, -0.25) is 0 Å². The Hall–Kier alpha value is -1.64. The highest BCUT2D eigenvalue weighted by Crippen LogP contribution is 2.28. The summed E-state index contributed by atoms with van der Waals surface area (Å²) in [7, 11) is 0. The van der Waals surface area contributed by atoms with Gasteiger partial charge in [0.2, 0.25) is 0 Å². The first-order valence-electron chi connectivity index (χ1n) is 6.30. The Kier molecular flexibility index (Phi) is 2.67. The Labute approximate surface area is 101 Å². The maximum absolute atomic E-state index is 4.28. The molecule has 1 N–H and O–H groups in total. The fraction of sp³-hybridized carbons (Fsp3) is 0.429. The average Bonchev–Trinajstić information content (AvgIpc) is 2.30. The van der Waals surface area contributed by atoms with Crippen molar-refractivity contribution in [3.63, 3.8) is 0 Å². The summed E-state index contributed by atoms with van der Waals surface area (Å²) < 4.78 is 0. The van der Waals surface area contributed by atoms with Crippen LogP contribution in [0.1, 0.15) is 25.0 Å². The zero-order chi connectivity index (χ0) is 11.7. The van der Waals surface area contributed by atoms with Crippen molar-refractivity contribution in [3.05, 3.63) is 30.0 Å². The van der Waals surface area contributed by atoms with E-state index in [0.717, 1.165) is 24.0 Å². The molecule has 3 rings (SSSR count). The van der Waals surface area contributed by atoms with Gasteiger partial charge in [-0.25, -0.2) is 0 Å². The Morgan fingerprint density at radius 3 is 2.65 bits per heavy atom. The van der Waals surface area contributed by atoms with Gasteiger partial charge in [0.05, 0.1) is 5.69 Å². The highest BCUT2D eigenvalue weighted by atomic mass is 15.2. The second-order valence-corrected chi connectivity index (χ2v) is 4.86. The lowest BCUT2D eigenvalue weighted by atomic mass is 9.85. The Morgan fingerprint density at radius 2 is 1.94 bits per heavy atom. The third kappa shape index (κ3) is 1.97. The molecule has 0 aliphatic heterocycles. The number of aryl methyl sites for hydroxylation is 1. The molecule has 88 valence electrons. The van der Waals surface area contributed by atoms with Gasteiger partial charge < -0.3 is 5.32 Å². The van der Waals surface area contributed by atoms with E-state index in [1.54, 1.807) is 0 Å². The normalized spacial score (nSPS) is 15.8. The van der Waals surface area contributed by atoms with Crippen molar-refractivity contribution in [2.45, 2.75) is 26.2 Å². The predicted octanol–water partition coefficient (Wildman–Crippen LogP) is 3.15. The molecule has 0 radical (unpaired) electrons. The minimum atomic E-state index is 0.830. The second kappa shape index (κ2) is 4.32. The third-order valence-corrected chi connectivity index (χ3v) is 3.65. The highest BCUT2D eigenvalue weighted by molar-refractivity contribution is 5.92. The molecule has 3 heteroatoms. The van der Waals surface area contributed by atoms with Crippen molar-refractivity contribution in [1.82, 2.24) is 10.2 Å². The van der Waals surface area contributed by atoms with Gasteiger partial charge in [0, 0.05) is 17.3 Å². The molecule has 1 heterocycles. The SMILES string of the molecule is Cc1nnc(NCC2CCC2)c2ccccc12. The van der Waals surface area contributed by atoms with Gasteiger partial charge in [0.15, 0.2) is 5.82 Å². The summed E-state index contributed by atoms with van der Waals surface area (Å²) in [6.45, 7) is 3.03. The lowest BCUT2D eigenvalue weighted by molar-refractivity contribution is 0.333. The summed E-state index contributed by atoms with van der Waals surface area (Å²) >= 11 is 0. The van der Waals surface area contributed by atoms with Crippen molar-refractivity contribution in [2.24, 2.45) is 5.92 Å². The van der Waals surface area contributed by atoms with Crippen LogP contribution in [-0.4, -0.2) is 16.7 Å². The summed E-state index contributed by atoms with van der Waals surface area (Å²) in [6, 6.07) is 8.32. The van der Waals surface area contributed by atoms with Gasteiger partial charge in [0.1, 0.15) is 0 Å². The molecule has 0 bridgehead atoms. The molecule has 1 aliphatic carbocycles. The molecular formula is C14H17N3. The molecule has 1 aromatic heterocycles. The fourth-order valence-electron chi connectivity index (χ4n) is 2.31. The van der Waals surface area contributed by atoms with E-state index < -0.39 is 0 Å². The predicted molar refractivity (Wildman–Crippen MR) is 70.1 cm³/mol. The van der Waals surface area contributed by atoms with E-state index in [2.05, 4.69) is 33.7 Å². The van der Waals surface area contributed by atoms with Crippen LogP contribution in [0.5, 0.6) is 0 Å². The van der Waals surface area contributed by atoms with Crippen LogP contribution in [0, 0.1) is 12.8 Å². The number of hydrogen-bond acceptors (Lipinski definition) is 3. The highest BCUT2D eigenvalue weighted by Gasteiger charge is 2.17. The van der Waals surface area contributed by atoms with Crippen LogP contribution in [0.25, 0.3) is 10.8 Å². The van der Waals surface area contributed by atoms with E-state index in [1.165, 1.54) is 30.0 Å². The van der Waals surface area contributed by atoms with Gasteiger partial charge in [-0.2, -0.15) is 5.10 Å². The Morgan fingerprint density at radius 1 is 1.18 bits per heavy atom. The van der Waals surface area contributed by atoms with Gasteiger partial charge in [-0.05, 0) is 25.7 Å². The van der Waals surface area contributed by atoms with Crippen molar-refractivity contribution in [3.8, 4) is 0 Å². The van der Waals surface area contributed by atoms with E-state index in [-0.39, 0.29) is 0 Å². The lowest BCUT2D eigenvalue weighted by Gasteiger charge is -2.25. The molecule has 0 saturated heterocycles. The minimum absolute atomic E-state index is 0.830. The average molecular weight is 227 g/mol. The van der Waals surface area contributed by atoms with Gasteiger partial charge in [-0.1, -0.05) is 30.7 Å². The van der Waals surface area contributed by atoms with Gasteiger partial charge >= 0.3 is 0 Å². The monoisotopic (exact) mass is 227 g/mol. The van der Waals surface area contributed by atoms with E-state index >= 15 is 0 Å². The first-order chi connectivity index (χ1) is 8.34. The van der Waals surface area contributed by atoms with Crippen LogP contribution >= 0.6 is 0 Å². The van der Waals surface area contributed by atoms with Crippen molar-refractivity contribution >= 4 is 16.6 Å². The number of nitrogens with zero attached hydrogens (tertiary/aromatic N) is 2. The lowest BCUT2D eigenvalue weighted by Crippen LogP contribution is -2.21. The number of rotatable bonds is 3. The molecule has 0 atom stereocenters. The van der Waals surface area contributed by atoms with Crippen LogP contribution in [0.4, 0.5) is 5.82 Å². The number of fused-ring (bicyclic) bond motifs is 1. The summed E-state index contributed by atoms with van der Waals surface area (Å²) in [6.07, 6.45) is 4.08. The van der Waals surface area contributed by atoms with E-state index in [9.17, 15) is 0 Å². The first-order valence-corrected chi connectivity index (χ1v) is 6.30. The number of nitrogens with one attached hydrogen (secondary N) is 1. The quantitative estimate of drug-likeness (QED) is 0.875. The molecule has 0 unspecified atom stereocenters. The smallest absolute Gasteiger partial charge is 0.156 e. The zero-order valence-corrected chi connectivity index (χ0v) is 10.1. The summed E-state index contributed by atoms with van der Waals surface area (Å²) in [5, 5.41) is 14.3. The molecule has 1 saturated carbocycles. The van der Waals surface area contributed by atoms with E-state index in [1.807, 2.05) is 13.0 Å². The first kappa shape index (κ1) is 10.5. The van der Waals surface area contributed by atoms with Gasteiger partial charge in [-0.15, -0.1) is 5.10 Å². The molecule has 3 nitrogen and oxygen atoms in total. The van der Waals surface area contributed by atoms with E-state index in [0.29, 0.717) is 0 Å². The fourth-order valence-corrected chi connectivity index (χ4v) is 2.31. The molecule has 1 aliphatic rings. The standard InChI is InChI=1S/C14H17N3/c1-10-12-7-2-3-8-13(12)14(17-16-10)15-9-11-5-4-6-11/h2-3,7-8,11H,4-6,9H2,1H3,(H,15,17). The molecule has 1 aromatic carbocycles. The maximum Gasteiger partial charge on any atom is 0.156 e. The number of anilines is 1. The van der Waals surface area contributed by atoms with Gasteiger partial charge in [0.25, 0.3) is 0 Å². The Balaban J connectivity index is 1.90. The molecule has 0 amide bonds. The minimum Gasteiger partial charge on any atom is -0.368 e. The number of benzene rings is 1. The van der Waals surface area contributed by atoms with E-state index in [4.69, 9.17) is 0 Å². The number of hydrogen-bond donors (Lipinski definition) is 1. The van der Waals surface area contributed by atoms with Crippen LogP contribution in [0.2, 0.25) is 0 Å². The summed E-state index contributed by atoms with van der Waals surface area (Å²) in [5.74, 6) is 1.76. The van der Waals surface area contributed by atoms with Crippen LogP contribution < -0.4 is 5.32 Å². The van der Waals surface area contributed by atoms with Crippen molar-refractivity contribution in [2.75, 3.05) is 11.9 Å². The molecular weight excluding hydrogens is 210 g/mol. The largest absolute Gasteiger partial charge is 0.368 e. The zero-order valence-electron chi connectivity index (χ0n) is 10.1. The molecule has 17 heavy (non-hydrogen) atoms. The second-order valence-electron chi connectivity index (χ2n) is 4.86. The molecule has 0 spiro atoms. The maximum atomic E-state index is 4.28. The number of aromatic nitrogens is 2. The summed E-state index contributed by atoms with van der Waals surface area (Å²) in [4.78, 5) is 0. The van der Waals surface area contributed by atoms with Crippen LogP contribution in [-0.2, 0) is 0 Å². The summed E-state index contributed by atoms with van der Waals surface area (Å²) in [5.41, 5.74) is 0.995. The molecule has 2 aromatic rings. The topological polar surface area (TPSA) is 37.8 Å². The molecule has 1 fully saturated rings. The third-order valence-electron chi connectivity index (χ3n) is 3.65. The Bertz CT molecular complexity index is 532. The van der Waals surface area contributed by atoms with Crippen LogP contribution in [0.15, 0.2) is 24.3 Å². The van der Waals surface area contributed by atoms with Crippen LogP contribution in [0.3, 0.4) is 0 Å². The van der Waals surface area contributed by atoms with Crippen molar-refractivity contribution < 1.29 is 0 Å².